The highest BCUT2D eigenvalue weighted by atomic mass is 32.2. The molecule has 6 nitrogen and oxygen atoms in total. The van der Waals surface area contributed by atoms with Crippen molar-refractivity contribution in [3.8, 4) is 0 Å². The van der Waals surface area contributed by atoms with E-state index in [0.29, 0.717) is 12.2 Å². The molecule has 108 valence electrons. The molecule has 0 fully saturated rings. The summed E-state index contributed by atoms with van der Waals surface area (Å²) in [6.07, 6.45) is 2.92. The zero-order chi connectivity index (χ0) is 14.8. The third-order valence-electron chi connectivity index (χ3n) is 3.04. The molecule has 2 aromatic rings. The van der Waals surface area contributed by atoms with Crippen molar-refractivity contribution >= 4 is 15.7 Å². The van der Waals surface area contributed by atoms with Crippen LogP contribution in [-0.4, -0.2) is 25.7 Å². The molecule has 0 radical (unpaired) electrons. The molecule has 3 N–H and O–H groups in total. The van der Waals surface area contributed by atoms with Gasteiger partial charge in [-0.3, -0.25) is 9.82 Å². The maximum absolute atomic E-state index is 12.4. The zero-order valence-electron chi connectivity index (χ0n) is 11.7. The summed E-state index contributed by atoms with van der Waals surface area (Å²) in [6, 6.07) is 3.60. The van der Waals surface area contributed by atoms with Gasteiger partial charge in [0.25, 0.3) is 10.0 Å². The normalized spacial score (nSPS) is 11.6. The average molecular weight is 294 g/mol. The number of rotatable bonds is 5. The predicted octanol–water partition coefficient (Wildman–Crippen LogP) is 1.55. The van der Waals surface area contributed by atoms with Crippen molar-refractivity contribution in [2.24, 2.45) is 0 Å². The highest BCUT2D eigenvalue weighted by Crippen LogP contribution is 2.22. The van der Waals surface area contributed by atoms with Crippen LogP contribution in [0.3, 0.4) is 0 Å². The first-order chi connectivity index (χ1) is 9.44. The molecule has 2 rings (SSSR count). The van der Waals surface area contributed by atoms with Crippen LogP contribution in [0.1, 0.15) is 16.7 Å². The highest BCUT2D eigenvalue weighted by Gasteiger charge is 2.19. The van der Waals surface area contributed by atoms with Gasteiger partial charge >= 0.3 is 0 Å². The first kappa shape index (κ1) is 14.5. The summed E-state index contributed by atoms with van der Waals surface area (Å²) < 4.78 is 27.3. The van der Waals surface area contributed by atoms with Gasteiger partial charge in [0.15, 0.2) is 0 Å². The SMILES string of the molecule is CNCc1cc(S(=O)(=O)Nc2cn[nH]c2)c(C)cc1C. The summed E-state index contributed by atoms with van der Waals surface area (Å²) >= 11 is 0. The quantitative estimate of drug-likeness (QED) is 0.781. The number of aromatic amines is 1. The van der Waals surface area contributed by atoms with Gasteiger partial charge in [0.1, 0.15) is 0 Å². The van der Waals surface area contributed by atoms with Crippen LogP contribution in [0.15, 0.2) is 29.4 Å². The lowest BCUT2D eigenvalue weighted by Crippen LogP contribution is -2.16. The minimum absolute atomic E-state index is 0.287. The third kappa shape index (κ3) is 3.00. The Kier molecular flexibility index (Phi) is 4.10. The van der Waals surface area contributed by atoms with Crippen LogP contribution < -0.4 is 10.0 Å². The van der Waals surface area contributed by atoms with E-state index in [4.69, 9.17) is 0 Å². The molecule has 0 atom stereocenters. The molecule has 0 unspecified atom stereocenters. The van der Waals surface area contributed by atoms with Gasteiger partial charge in [-0.15, -0.1) is 0 Å². The summed E-state index contributed by atoms with van der Waals surface area (Å²) in [5.41, 5.74) is 3.17. The van der Waals surface area contributed by atoms with Crippen LogP contribution >= 0.6 is 0 Å². The predicted molar refractivity (Wildman–Crippen MR) is 78.1 cm³/mol. The molecule has 0 aliphatic heterocycles. The number of nitrogens with one attached hydrogen (secondary N) is 3. The van der Waals surface area contributed by atoms with E-state index in [-0.39, 0.29) is 4.90 Å². The van der Waals surface area contributed by atoms with Crippen molar-refractivity contribution < 1.29 is 8.42 Å². The van der Waals surface area contributed by atoms with Crippen molar-refractivity contribution in [1.82, 2.24) is 15.5 Å². The fraction of sp³-hybridized carbons (Fsp3) is 0.308. The molecule has 7 heteroatoms. The van der Waals surface area contributed by atoms with E-state index in [1.165, 1.54) is 12.4 Å². The summed E-state index contributed by atoms with van der Waals surface area (Å²) in [5, 5.41) is 9.33. The maximum atomic E-state index is 12.4. The number of anilines is 1. The van der Waals surface area contributed by atoms with Gasteiger partial charge in [0, 0.05) is 12.7 Å². The Balaban J connectivity index is 2.43. The number of hydrogen-bond donors (Lipinski definition) is 3. The van der Waals surface area contributed by atoms with Crippen molar-refractivity contribution in [2.45, 2.75) is 25.3 Å². The molecule has 1 heterocycles. The molecule has 20 heavy (non-hydrogen) atoms. The summed E-state index contributed by atoms with van der Waals surface area (Å²) in [5.74, 6) is 0. The van der Waals surface area contributed by atoms with E-state index >= 15 is 0 Å². The molecular weight excluding hydrogens is 276 g/mol. The van der Waals surface area contributed by atoms with Crippen LogP contribution in [0, 0.1) is 13.8 Å². The van der Waals surface area contributed by atoms with Gasteiger partial charge in [0.2, 0.25) is 0 Å². The molecule has 0 aliphatic carbocycles. The van der Waals surface area contributed by atoms with Crippen molar-refractivity contribution in [3.63, 3.8) is 0 Å². The van der Waals surface area contributed by atoms with Gasteiger partial charge in [-0.05, 0) is 43.7 Å². The van der Waals surface area contributed by atoms with E-state index < -0.39 is 10.0 Å². The molecular formula is C13H18N4O2S. The van der Waals surface area contributed by atoms with Crippen LogP contribution in [0.4, 0.5) is 5.69 Å². The van der Waals surface area contributed by atoms with Gasteiger partial charge in [-0.1, -0.05) is 6.07 Å². The molecule has 0 spiro atoms. The molecule has 1 aromatic carbocycles. The standard InChI is InChI=1S/C13H18N4O2S/c1-9-4-10(2)13(5-11(9)6-14-3)20(18,19)17-12-7-15-16-8-12/h4-5,7-8,14,17H,6H2,1-3H3,(H,15,16). The number of aryl methyl sites for hydroxylation is 2. The second kappa shape index (κ2) is 5.64. The van der Waals surface area contributed by atoms with Gasteiger partial charge in [-0.25, -0.2) is 8.42 Å². The Bertz CT molecular complexity index is 693. The maximum Gasteiger partial charge on any atom is 0.262 e. The third-order valence-corrected chi connectivity index (χ3v) is 4.56. The van der Waals surface area contributed by atoms with Crippen LogP contribution in [-0.2, 0) is 16.6 Å². The fourth-order valence-electron chi connectivity index (χ4n) is 2.06. The largest absolute Gasteiger partial charge is 0.316 e. The lowest BCUT2D eigenvalue weighted by molar-refractivity contribution is 0.600. The molecule has 0 amide bonds. The number of hydrogen-bond acceptors (Lipinski definition) is 4. The second-order valence-electron chi connectivity index (χ2n) is 4.67. The molecule has 0 saturated carbocycles. The van der Waals surface area contributed by atoms with E-state index in [2.05, 4.69) is 20.2 Å². The number of sulfonamides is 1. The summed E-state index contributed by atoms with van der Waals surface area (Å²) in [4.78, 5) is 0.287. The van der Waals surface area contributed by atoms with Gasteiger partial charge < -0.3 is 5.32 Å². The highest BCUT2D eigenvalue weighted by molar-refractivity contribution is 7.92. The van der Waals surface area contributed by atoms with Crippen molar-refractivity contribution in [2.75, 3.05) is 11.8 Å². The Morgan fingerprint density at radius 3 is 2.60 bits per heavy atom. The molecule has 0 bridgehead atoms. The first-order valence-electron chi connectivity index (χ1n) is 6.20. The minimum atomic E-state index is -3.61. The van der Waals surface area contributed by atoms with E-state index in [1.807, 2.05) is 20.0 Å². The van der Waals surface area contributed by atoms with E-state index in [9.17, 15) is 8.42 Å². The zero-order valence-corrected chi connectivity index (χ0v) is 12.5. The first-order valence-corrected chi connectivity index (χ1v) is 7.68. The number of benzene rings is 1. The van der Waals surface area contributed by atoms with Gasteiger partial charge in [0.05, 0.1) is 16.8 Å². The summed E-state index contributed by atoms with van der Waals surface area (Å²) in [6.45, 7) is 4.39. The monoisotopic (exact) mass is 294 g/mol. The molecule has 1 aromatic heterocycles. The Morgan fingerprint density at radius 2 is 2.00 bits per heavy atom. The molecule has 0 saturated heterocycles. The molecule has 0 aliphatic rings. The number of H-pyrrole nitrogens is 1. The van der Waals surface area contributed by atoms with E-state index in [0.717, 1.165) is 16.7 Å². The topological polar surface area (TPSA) is 86.9 Å². The smallest absolute Gasteiger partial charge is 0.262 e. The van der Waals surface area contributed by atoms with Crippen LogP contribution in [0.25, 0.3) is 0 Å². The Morgan fingerprint density at radius 1 is 1.25 bits per heavy atom. The number of nitrogens with zero attached hydrogens (tertiary/aromatic N) is 1. The average Bonchev–Trinajstić information content (AvgIpc) is 2.84. The van der Waals surface area contributed by atoms with Crippen LogP contribution in [0.2, 0.25) is 0 Å². The second-order valence-corrected chi connectivity index (χ2v) is 6.32. The van der Waals surface area contributed by atoms with E-state index in [1.54, 1.807) is 13.0 Å². The lowest BCUT2D eigenvalue weighted by atomic mass is 10.1. The summed E-state index contributed by atoms with van der Waals surface area (Å²) in [7, 11) is -1.78. The fourth-order valence-corrected chi connectivity index (χ4v) is 3.37. The minimum Gasteiger partial charge on any atom is -0.316 e. The Hall–Kier alpha value is -1.86. The Labute approximate surface area is 118 Å². The van der Waals surface area contributed by atoms with Crippen molar-refractivity contribution in [3.05, 3.63) is 41.2 Å². The number of aromatic nitrogens is 2. The van der Waals surface area contributed by atoms with Gasteiger partial charge in [-0.2, -0.15) is 5.10 Å². The van der Waals surface area contributed by atoms with Crippen LogP contribution in [0.5, 0.6) is 0 Å². The lowest BCUT2D eigenvalue weighted by Gasteiger charge is -2.13. The van der Waals surface area contributed by atoms with Crippen molar-refractivity contribution in [1.29, 1.82) is 0 Å².